The first-order valence-electron chi connectivity index (χ1n) is 5.33. The van der Waals surface area contributed by atoms with Crippen molar-refractivity contribution in [2.24, 2.45) is 0 Å². The molecule has 0 aliphatic carbocycles. The molecule has 1 aromatic heterocycles. The fourth-order valence-electron chi connectivity index (χ4n) is 1.59. The van der Waals surface area contributed by atoms with E-state index in [0.29, 0.717) is 0 Å². The predicted octanol–water partition coefficient (Wildman–Crippen LogP) is 4.28. The highest BCUT2D eigenvalue weighted by Gasteiger charge is 2.34. The van der Waals surface area contributed by atoms with E-state index in [-0.39, 0.29) is 20.9 Å². The Morgan fingerprint density at radius 1 is 1.33 bits per heavy atom. The van der Waals surface area contributed by atoms with Crippen LogP contribution in [0.4, 0.5) is 13.2 Å². The molecule has 0 amide bonds. The van der Waals surface area contributed by atoms with Crippen LogP contribution >= 0.6 is 27.5 Å². The Kier molecular flexibility index (Phi) is 4.20. The van der Waals surface area contributed by atoms with Crippen molar-refractivity contribution in [1.29, 1.82) is 0 Å². The molecule has 0 aliphatic heterocycles. The number of carbonyl (C=O) groups is 1. The summed E-state index contributed by atoms with van der Waals surface area (Å²) < 4.78 is 39.3. The van der Waals surface area contributed by atoms with Gasteiger partial charge in [-0.2, -0.15) is 13.2 Å². The number of benzene rings is 1. The lowest BCUT2D eigenvalue weighted by Gasteiger charge is -2.12. The van der Waals surface area contributed by atoms with Crippen molar-refractivity contribution in [1.82, 2.24) is 9.97 Å². The number of rotatable bonds is 2. The second-order valence-electron chi connectivity index (χ2n) is 3.88. The summed E-state index contributed by atoms with van der Waals surface area (Å²) in [5, 5.41) is 8.65. The summed E-state index contributed by atoms with van der Waals surface area (Å²) in [6, 6.07) is 3.40. The number of aromatic nitrogens is 2. The number of alkyl halides is 3. The molecule has 110 valence electrons. The van der Waals surface area contributed by atoms with Crippen LogP contribution in [0.2, 0.25) is 5.02 Å². The maximum atomic E-state index is 13.0. The van der Waals surface area contributed by atoms with Crippen molar-refractivity contribution >= 4 is 33.5 Å². The molecule has 0 saturated heterocycles. The first kappa shape index (κ1) is 15.7. The molecule has 9 heteroatoms. The lowest BCUT2D eigenvalue weighted by molar-refractivity contribution is -0.137. The molecule has 2 aromatic rings. The maximum absolute atomic E-state index is 13.0. The Balaban J connectivity index is 2.68. The minimum absolute atomic E-state index is 0.228. The Hall–Kier alpha value is -1.67. The van der Waals surface area contributed by atoms with Crippen LogP contribution in [-0.4, -0.2) is 21.0 Å². The summed E-state index contributed by atoms with van der Waals surface area (Å²) in [6.45, 7) is 0. The van der Waals surface area contributed by atoms with Gasteiger partial charge in [0, 0.05) is 10.0 Å². The first-order valence-corrected chi connectivity index (χ1v) is 6.50. The fraction of sp³-hybridized carbons (Fsp3) is 0.0833. The normalized spacial score (nSPS) is 11.5. The monoisotopic (exact) mass is 380 g/mol. The third-order valence-corrected chi connectivity index (χ3v) is 3.24. The molecule has 0 radical (unpaired) electrons. The lowest BCUT2D eigenvalue weighted by atomic mass is 10.1. The minimum Gasteiger partial charge on any atom is -0.476 e. The molecule has 2 rings (SSSR count). The number of hydrogen-bond donors (Lipinski definition) is 1. The molecule has 1 aromatic carbocycles. The van der Waals surface area contributed by atoms with Gasteiger partial charge < -0.3 is 5.11 Å². The van der Waals surface area contributed by atoms with Crippen LogP contribution in [-0.2, 0) is 6.18 Å². The summed E-state index contributed by atoms with van der Waals surface area (Å²) in [4.78, 5) is 18.2. The first-order chi connectivity index (χ1) is 9.70. The molecule has 0 fully saturated rings. The van der Waals surface area contributed by atoms with E-state index in [9.17, 15) is 18.0 Å². The smallest absolute Gasteiger partial charge is 0.417 e. The molecule has 1 N–H and O–H groups in total. The Labute approximate surface area is 129 Å². The second-order valence-corrected chi connectivity index (χ2v) is 5.21. The largest absolute Gasteiger partial charge is 0.476 e. The van der Waals surface area contributed by atoms with Crippen molar-refractivity contribution < 1.29 is 23.1 Å². The molecular formula is C12H5BrClF3N2O2. The van der Waals surface area contributed by atoms with E-state index in [1.807, 2.05) is 0 Å². The average Bonchev–Trinajstić information content (AvgIpc) is 2.38. The van der Waals surface area contributed by atoms with E-state index < -0.39 is 23.4 Å². The highest BCUT2D eigenvalue weighted by atomic mass is 79.9. The van der Waals surface area contributed by atoms with Gasteiger partial charge in [-0.25, -0.2) is 14.8 Å². The number of aromatic carboxylic acids is 1. The molecule has 1 heterocycles. The van der Waals surface area contributed by atoms with Gasteiger partial charge in [0.05, 0.1) is 16.8 Å². The lowest BCUT2D eigenvalue weighted by Crippen LogP contribution is -2.10. The summed E-state index contributed by atoms with van der Waals surface area (Å²) in [7, 11) is 0. The Morgan fingerprint density at radius 2 is 2.00 bits per heavy atom. The Morgan fingerprint density at radius 3 is 2.57 bits per heavy atom. The fourth-order valence-corrected chi connectivity index (χ4v) is 2.13. The SMILES string of the molecule is O=C(O)c1nc(-c2ccc(Br)cc2C(F)(F)F)ncc1Cl. The molecule has 0 unspecified atom stereocenters. The topological polar surface area (TPSA) is 63.1 Å². The Bertz CT molecular complexity index is 722. The van der Waals surface area contributed by atoms with Gasteiger partial charge >= 0.3 is 12.1 Å². The predicted molar refractivity (Wildman–Crippen MR) is 72.1 cm³/mol. The minimum atomic E-state index is -4.63. The van der Waals surface area contributed by atoms with Crippen LogP contribution in [0.5, 0.6) is 0 Å². The van der Waals surface area contributed by atoms with E-state index in [4.69, 9.17) is 16.7 Å². The average molecular weight is 382 g/mol. The van der Waals surface area contributed by atoms with Gasteiger partial charge in [0.2, 0.25) is 0 Å². The van der Waals surface area contributed by atoms with Crippen molar-refractivity contribution in [3.05, 3.63) is 45.1 Å². The summed E-state index contributed by atoms with van der Waals surface area (Å²) in [5.41, 5.74) is -1.86. The van der Waals surface area contributed by atoms with E-state index in [1.165, 1.54) is 6.07 Å². The molecule has 0 spiro atoms. The van der Waals surface area contributed by atoms with E-state index >= 15 is 0 Å². The highest BCUT2D eigenvalue weighted by molar-refractivity contribution is 9.10. The van der Waals surface area contributed by atoms with Crippen LogP contribution in [0.15, 0.2) is 28.9 Å². The molecule has 4 nitrogen and oxygen atoms in total. The highest BCUT2D eigenvalue weighted by Crippen LogP contribution is 2.37. The molecule has 0 atom stereocenters. The van der Waals surface area contributed by atoms with Crippen LogP contribution in [0.25, 0.3) is 11.4 Å². The third-order valence-electron chi connectivity index (χ3n) is 2.47. The van der Waals surface area contributed by atoms with Crippen LogP contribution in [0, 0.1) is 0 Å². The molecule has 0 aliphatic rings. The zero-order chi connectivity index (χ0) is 15.8. The van der Waals surface area contributed by atoms with E-state index in [2.05, 4.69) is 25.9 Å². The third kappa shape index (κ3) is 3.33. The van der Waals surface area contributed by atoms with Crippen LogP contribution < -0.4 is 0 Å². The van der Waals surface area contributed by atoms with Gasteiger partial charge in [0.1, 0.15) is 0 Å². The van der Waals surface area contributed by atoms with Gasteiger partial charge in [0.25, 0.3) is 0 Å². The van der Waals surface area contributed by atoms with Crippen LogP contribution in [0.1, 0.15) is 16.1 Å². The van der Waals surface area contributed by atoms with Gasteiger partial charge in [-0.3, -0.25) is 0 Å². The van der Waals surface area contributed by atoms with Gasteiger partial charge in [-0.1, -0.05) is 27.5 Å². The molecule has 21 heavy (non-hydrogen) atoms. The molecular weight excluding hydrogens is 376 g/mol. The number of nitrogens with zero attached hydrogens (tertiary/aromatic N) is 2. The van der Waals surface area contributed by atoms with Gasteiger partial charge in [-0.05, 0) is 18.2 Å². The second kappa shape index (κ2) is 5.61. The number of halogens is 5. The molecule has 0 saturated carbocycles. The van der Waals surface area contributed by atoms with Crippen molar-refractivity contribution in [3.63, 3.8) is 0 Å². The van der Waals surface area contributed by atoms with Gasteiger partial charge in [0.15, 0.2) is 11.5 Å². The number of carboxylic acids is 1. The van der Waals surface area contributed by atoms with E-state index in [1.54, 1.807) is 0 Å². The molecule has 0 bridgehead atoms. The zero-order valence-electron chi connectivity index (χ0n) is 9.95. The van der Waals surface area contributed by atoms with Crippen molar-refractivity contribution in [2.75, 3.05) is 0 Å². The zero-order valence-corrected chi connectivity index (χ0v) is 12.3. The van der Waals surface area contributed by atoms with Crippen LogP contribution in [0.3, 0.4) is 0 Å². The van der Waals surface area contributed by atoms with Gasteiger partial charge in [-0.15, -0.1) is 0 Å². The number of hydrogen-bond acceptors (Lipinski definition) is 3. The van der Waals surface area contributed by atoms with Crippen molar-refractivity contribution in [3.8, 4) is 11.4 Å². The summed E-state index contributed by atoms with van der Waals surface area (Å²) in [5.74, 6) is -1.81. The number of carboxylic acid groups (broad SMARTS) is 1. The van der Waals surface area contributed by atoms with Crippen molar-refractivity contribution in [2.45, 2.75) is 6.18 Å². The van der Waals surface area contributed by atoms with E-state index in [0.717, 1.165) is 18.3 Å². The summed E-state index contributed by atoms with van der Waals surface area (Å²) >= 11 is 8.55. The maximum Gasteiger partial charge on any atom is 0.417 e. The standard InChI is InChI=1S/C12H5BrClF3N2O2/c13-5-1-2-6(7(3-5)12(15,16)17)10-18-4-8(14)9(19-10)11(20)21/h1-4H,(H,20,21). The quantitative estimate of drug-likeness (QED) is 0.843. The summed E-state index contributed by atoms with van der Waals surface area (Å²) in [6.07, 6.45) is -3.68.